The van der Waals surface area contributed by atoms with Gasteiger partial charge in [0.25, 0.3) is 15.9 Å². The van der Waals surface area contributed by atoms with Gasteiger partial charge in [0.05, 0.1) is 10.6 Å². The van der Waals surface area contributed by atoms with Crippen molar-refractivity contribution in [1.29, 1.82) is 0 Å². The zero-order valence-electron chi connectivity index (χ0n) is 18.3. The summed E-state index contributed by atoms with van der Waals surface area (Å²) in [6.45, 7) is 0.126. The van der Waals surface area contributed by atoms with Crippen molar-refractivity contribution in [2.45, 2.75) is 49.0 Å². The Labute approximate surface area is 196 Å². The molecule has 11 heteroatoms. The Kier molecular flexibility index (Phi) is 6.56. The summed E-state index contributed by atoms with van der Waals surface area (Å²) in [5.74, 6) is -1.32. The normalized spacial score (nSPS) is 17.1. The third kappa shape index (κ3) is 4.89. The van der Waals surface area contributed by atoms with Crippen LogP contribution in [0.1, 0.15) is 38.5 Å². The van der Waals surface area contributed by atoms with E-state index in [0.29, 0.717) is 12.8 Å². The molecule has 0 aromatic heterocycles. The molecule has 2 aliphatic rings. The summed E-state index contributed by atoms with van der Waals surface area (Å²) < 4.78 is 41.2. The first-order chi connectivity index (χ1) is 16.2. The SMILES string of the molecule is O=C(CCCN1C(=O)NC2(CCCC2)C1=O)Nc1cccc(S(=O)(=O)Nc2ccccc2F)c1. The van der Waals surface area contributed by atoms with E-state index in [1.165, 1.54) is 47.4 Å². The molecule has 2 fully saturated rings. The van der Waals surface area contributed by atoms with Crippen molar-refractivity contribution in [2.75, 3.05) is 16.6 Å². The maximum atomic E-state index is 13.8. The number of nitrogens with zero attached hydrogens (tertiary/aromatic N) is 1. The van der Waals surface area contributed by atoms with Gasteiger partial charge in [-0.05, 0) is 49.6 Å². The molecule has 3 N–H and O–H groups in total. The highest BCUT2D eigenvalue weighted by atomic mass is 32.2. The highest BCUT2D eigenvalue weighted by molar-refractivity contribution is 7.92. The van der Waals surface area contributed by atoms with Crippen molar-refractivity contribution >= 4 is 39.2 Å². The number of hydrogen-bond donors (Lipinski definition) is 3. The lowest BCUT2D eigenvalue weighted by atomic mass is 9.98. The van der Waals surface area contributed by atoms with Gasteiger partial charge in [-0.25, -0.2) is 17.6 Å². The van der Waals surface area contributed by atoms with Gasteiger partial charge in [-0.3, -0.25) is 19.2 Å². The number of sulfonamides is 1. The molecule has 1 aliphatic carbocycles. The van der Waals surface area contributed by atoms with E-state index in [2.05, 4.69) is 15.4 Å². The fourth-order valence-corrected chi connectivity index (χ4v) is 5.42. The molecular weight excluding hydrogens is 463 g/mol. The van der Waals surface area contributed by atoms with Gasteiger partial charge in [-0.2, -0.15) is 0 Å². The second-order valence-corrected chi connectivity index (χ2v) is 10.1. The minimum absolute atomic E-state index is 0.0362. The van der Waals surface area contributed by atoms with E-state index >= 15 is 0 Å². The monoisotopic (exact) mass is 488 g/mol. The van der Waals surface area contributed by atoms with E-state index in [-0.39, 0.29) is 47.5 Å². The van der Waals surface area contributed by atoms with Crippen LogP contribution in [-0.4, -0.2) is 43.2 Å². The molecule has 1 heterocycles. The van der Waals surface area contributed by atoms with Gasteiger partial charge < -0.3 is 10.6 Å². The van der Waals surface area contributed by atoms with Crippen molar-refractivity contribution in [3.8, 4) is 0 Å². The molecule has 1 aliphatic heterocycles. The molecule has 0 atom stereocenters. The summed E-state index contributed by atoms with van der Waals surface area (Å²) in [5, 5.41) is 5.42. The summed E-state index contributed by atoms with van der Waals surface area (Å²) in [5.41, 5.74) is -0.708. The molecule has 180 valence electrons. The minimum atomic E-state index is -4.08. The summed E-state index contributed by atoms with van der Waals surface area (Å²) in [7, 11) is -4.08. The van der Waals surface area contributed by atoms with Crippen molar-refractivity contribution in [3.63, 3.8) is 0 Å². The van der Waals surface area contributed by atoms with E-state index in [1.807, 2.05) is 0 Å². The fraction of sp³-hybridized carbons (Fsp3) is 0.348. The Morgan fingerprint density at radius 2 is 1.82 bits per heavy atom. The van der Waals surface area contributed by atoms with E-state index < -0.39 is 27.4 Å². The molecule has 34 heavy (non-hydrogen) atoms. The van der Waals surface area contributed by atoms with E-state index in [0.717, 1.165) is 18.9 Å². The van der Waals surface area contributed by atoms with Gasteiger partial charge in [0.15, 0.2) is 0 Å². The van der Waals surface area contributed by atoms with Crippen LogP contribution >= 0.6 is 0 Å². The predicted octanol–water partition coefficient (Wildman–Crippen LogP) is 3.21. The number of amides is 4. The third-order valence-corrected chi connectivity index (χ3v) is 7.40. The Hall–Kier alpha value is -3.47. The fourth-order valence-electron chi connectivity index (χ4n) is 4.31. The van der Waals surface area contributed by atoms with Crippen molar-refractivity contribution < 1.29 is 27.2 Å². The van der Waals surface area contributed by atoms with E-state index in [4.69, 9.17) is 0 Å². The second-order valence-electron chi connectivity index (χ2n) is 8.44. The summed E-state index contributed by atoms with van der Waals surface area (Å²) in [4.78, 5) is 38.2. The number of anilines is 2. The summed E-state index contributed by atoms with van der Waals surface area (Å²) in [6.07, 6.45) is 3.38. The predicted molar refractivity (Wildman–Crippen MR) is 123 cm³/mol. The molecule has 1 saturated carbocycles. The maximum absolute atomic E-state index is 13.8. The first kappa shape index (κ1) is 23.7. The van der Waals surface area contributed by atoms with E-state index in [1.54, 1.807) is 0 Å². The van der Waals surface area contributed by atoms with E-state index in [9.17, 15) is 27.2 Å². The topological polar surface area (TPSA) is 125 Å². The molecule has 4 rings (SSSR count). The van der Waals surface area contributed by atoms with Crippen LogP contribution in [0.25, 0.3) is 0 Å². The Morgan fingerprint density at radius 3 is 2.56 bits per heavy atom. The molecule has 2 aromatic rings. The van der Waals surface area contributed by atoms with Crippen LogP contribution in [0.3, 0.4) is 0 Å². The average Bonchev–Trinajstić information content (AvgIpc) is 3.35. The maximum Gasteiger partial charge on any atom is 0.325 e. The zero-order chi connectivity index (χ0) is 24.3. The third-order valence-electron chi connectivity index (χ3n) is 6.03. The van der Waals surface area contributed by atoms with Crippen LogP contribution in [0.4, 0.5) is 20.6 Å². The molecule has 9 nitrogen and oxygen atoms in total. The largest absolute Gasteiger partial charge is 0.326 e. The molecule has 2 aromatic carbocycles. The lowest BCUT2D eigenvalue weighted by Gasteiger charge is -2.19. The van der Waals surface area contributed by atoms with Crippen LogP contribution in [-0.2, 0) is 19.6 Å². The molecule has 0 radical (unpaired) electrons. The number of para-hydroxylation sites is 1. The number of carbonyl (C=O) groups excluding carboxylic acids is 3. The molecule has 0 unspecified atom stereocenters. The molecule has 0 bridgehead atoms. The van der Waals surface area contributed by atoms with Gasteiger partial charge in [-0.15, -0.1) is 0 Å². The number of hydrogen-bond acceptors (Lipinski definition) is 5. The Bertz CT molecular complexity index is 1230. The zero-order valence-corrected chi connectivity index (χ0v) is 19.2. The van der Waals surface area contributed by atoms with Gasteiger partial charge in [0.1, 0.15) is 11.4 Å². The van der Waals surface area contributed by atoms with Crippen LogP contribution in [0.5, 0.6) is 0 Å². The first-order valence-electron chi connectivity index (χ1n) is 11.0. The lowest BCUT2D eigenvalue weighted by molar-refractivity contribution is -0.131. The summed E-state index contributed by atoms with van der Waals surface area (Å²) in [6, 6.07) is 10.6. The quantitative estimate of drug-likeness (QED) is 0.492. The minimum Gasteiger partial charge on any atom is -0.326 e. The molecular formula is C23H25FN4O5S. The van der Waals surface area contributed by atoms with Crippen LogP contribution in [0.15, 0.2) is 53.4 Å². The number of benzene rings is 2. The number of imide groups is 1. The van der Waals surface area contributed by atoms with Gasteiger partial charge in [0.2, 0.25) is 5.91 Å². The van der Waals surface area contributed by atoms with Gasteiger partial charge in [-0.1, -0.05) is 31.0 Å². The average molecular weight is 489 g/mol. The highest BCUT2D eigenvalue weighted by Crippen LogP contribution is 2.35. The standard InChI is InChI=1S/C23H25FN4O5S/c24-18-9-1-2-10-19(18)27-34(32,33)17-8-5-7-16(15-17)25-20(29)11-6-14-28-21(30)23(26-22(28)31)12-3-4-13-23/h1-2,5,7-10,15,27H,3-4,6,11-14H2,(H,25,29)(H,26,31). The number of nitrogens with one attached hydrogen (secondary N) is 3. The molecule has 4 amide bonds. The Balaban J connectivity index is 1.32. The number of halogens is 1. The van der Waals surface area contributed by atoms with Crippen LogP contribution < -0.4 is 15.4 Å². The van der Waals surface area contributed by atoms with Crippen LogP contribution in [0, 0.1) is 5.82 Å². The second kappa shape index (κ2) is 9.41. The highest BCUT2D eigenvalue weighted by Gasteiger charge is 2.52. The van der Waals surface area contributed by atoms with Gasteiger partial charge >= 0.3 is 6.03 Å². The van der Waals surface area contributed by atoms with Gasteiger partial charge in [0, 0.05) is 18.7 Å². The van der Waals surface area contributed by atoms with Crippen molar-refractivity contribution in [1.82, 2.24) is 10.2 Å². The Morgan fingerprint density at radius 1 is 1.09 bits per heavy atom. The van der Waals surface area contributed by atoms with Crippen molar-refractivity contribution in [3.05, 3.63) is 54.3 Å². The lowest BCUT2D eigenvalue weighted by Crippen LogP contribution is -2.44. The summed E-state index contributed by atoms with van der Waals surface area (Å²) >= 11 is 0. The number of urea groups is 1. The molecule has 1 saturated heterocycles. The molecule has 1 spiro atoms. The number of rotatable bonds is 8. The van der Waals surface area contributed by atoms with Crippen molar-refractivity contribution in [2.24, 2.45) is 0 Å². The number of carbonyl (C=O) groups is 3. The first-order valence-corrected chi connectivity index (χ1v) is 12.5. The smallest absolute Gasteiger partial charge is 0.325 e. The van der Waals surface area contributed by atoms with Crippen LogP contribution in [0.2, 0.25) is 0 Å².